The van der Waals surface area contributed by atoms with Gasteiger partial charge in [0.1, 0.15) is 6.04 Å². The Morgan fingerprint density at radius 2 is 1.84 bits per heavy atom. The molecule has 2 aromatic carbocycles. The molecule has 0 spiro atoms. The summed E-state index contributed by atoms with van der Waals surface area (Å²) in [6, 6.07) is 12.6. The fourth-order valence-corrected chi connectivity index (χ4v) is 3.86. The molecule has 2 unspecified atom stereocenters. The predicted octanol–water partition coefficient (Wildman–Crippen LogP) is 4.72. The van der Waals surface area contributed by atoms with Gasteiger partial charge in [-0.3, -0.25) is 9.59 Å². The maximum Gasteiger partial charge on any atom is 0.243 e. The summed E-state index contributed by atoms with van der Waals surface area (Å²) in [6.45, 7) is 6.40. The molecule has 0 aromatic heterocycles. The largest absolute Gasteiger partial charge is 0.454 e. The normalized spacial score (nSPS) is 14.0. The minimum Gasteiger partial charge on any atom is -0.454 e. The van der Waals surface area contributed by atoms with Crippen molar-refractivity contribution in [2.75, 3.05) is 6.79 Å². The topological polar surface area (TPSA) is 67.9 Å². The molecule has 0 bridgehead atoms. The van der Waals surface area contributed by atoms with Gasteiger partial charge in [-0.2, -0.15) is 0 Å². The number of amides is 2. The molecule has 2 atom stereocenters. The van der Waals surface area contributed by atoms with Gasteiger partial charge in [0.15, 0.2) is 11.5 Å². The van der Waals surface area contributed by atoms with E-state index in [4.69, 9.17) is 21.1 Å². The second-order valence-electron chi connectivity index (χ2n) is 8.04. The van der Waals surface area contributed by atoms with Crippen molar-refractivity contribution < 1.29 is 19.1 Å². The molecule has 32 heavy (non-hydrogen) atoms. The van der Waals surface area contributed by atoms with Crippen LogP contribution in [0.25, 0.3) is 0 Å². The Hall–Kier alpha value is -2.73. The molecule has 172 valence electrons. The summed E-state index contributed by atoms with van der Waals surface area (Å²) in [6.07, 6.45) is 2.16. The van der Waals surface area contributed by atoms with Crippen molar-refractivity contribution in [3.05, 3.63) is 58.6 Å². The van der Waals surface area contributed by atoms with Gasteiger partial charge in [0.05, 0.1) is 0 Å². The Balaban J connectivity index is 1.77. The van der Waals surface area contributed by atoms with Gasteiger partial charge in [-0.1, -0.05) is 49.7 Å². The van der Waals surface area contributed by atoms with Crippen LogP contribution in [-0.4, -0.2) is 35.6 Å². The lowest BCUT2D eigenvalue weighted by Gasteiger charge is -2.31. The van der Waals surface area contributed by atoms with Crippen LogP contribution in [0.5, 0.6) is 11.5 Å². The Bertz CT molecular complexity index is 949. The van der Waals surface area contributed by atoms with E-state index in [1.807, 2.05) is 57.2 Å². The average molecular weight is 459 g/mol. The lowest BCUT2D eigenvalue weighted by molar-refractivity contribution is -0.141. The smallest absolute Gasteiger partial charge is 0.243 e. The Morgan fingerprint density at radius 1 is 1.09 bits per heavy atom. The first kappa shape index (κ1) is 23.9. The van der Waals surface area contributed by atoms with E-state index >= 15 is 0 Å². The molecule has 1 aliphatic rings. The number of aryl methyl sites for hydroxylation is 1. The molecule has 0 fully saturated rings. The van der Waals surface area contributed by atoms with Gasteiger partial charge in [0.25, 0.3) is 0 Å². The first-order chi connectivity index (χ1) is 15.4. The molecular formula is C25H31ClN2O4. The zero-order valence-corrected chi connectivity index (χ0v) is 19.7. The SMILES string of the molecule is CCC(C)NC(=O)C(CC)N(Cc1ccccc1Cl)C(=O)CCc1ccc2c(c1)OCO2. The van der Waals surface area contributed by atoms with Crippen LogP contribution in [0, 0.1) is 0 Å². The second-order valence-corrected chi connectivity index (χ2v) is 8.45. The summed E-state index contributed by atoms with van der Waals surface area (Å²) >= 11 is 6.37. The second kappa shape index (κ2) is 11.2. The third-order valence-corrected chi connectivity index (χ3v) is 6.12. The van der Waals surface area contributed by atoms with Gasteiger partial charge in [0.2, 0.25) is 18.6 Å². The molecule has 6 nitrogen and oxygen atoms in total. The van der Waals surface area contributed by atoms with Crippen LogP contribution in [0.3, 0.4) is 0 Å². The quantitative estimate of drug-likeness (QED) is 0.559. The van der Waals surface area contributed by atoms with E-state index in [1.54, 1.807) is 11.0 Å². The van der Waals surface area contributed by atoms with E-state index in [2.05, 4.69) is 5.32 Å². The van der Waals surface area contributed by atoms with Crippen LogP contribution >= 0.6 is 11.6 Å². The third-order valence-electron chi connectivity index (χ3n) is 5.75. The van der Waals surface area contributed by atoms with Crippen LogP contribution in [0.1, 0.15) is 51.2 Å². The number of halogens is 1. The molecule has 0 saturated carbocycles. The van der Waals surface area contributed by atoms with Crippen molar-refractivity contribution in [1.29, 1.82) is 0 Å². The lowest BCUT2D eigenvalue weighted by atomic mass is 10.1. The highest BCUT2D eigenvalue weighted by molar-refractivity contribution is 6.31. The Kier molecular flexibility index (Phi) is 8.39. The van der Waals surface area contributed by atoms with E-state index in [0.717, 1.165) is 17.5 Å². The van der Waals surface area contributed by atoms with Crippen molar-refractivity contribution >= 4 is 23.4 Å². The standard InChI is InChI=1S/C25H31ClN2O4/c1-4-17(3)27-25(30)21(5-2)28(15-19-8-6-7-9-20(19)26)24(29)13-11-18-10-12-22-23(14-18)32-16-31-22/h6-10,12,14,17,21H,4-5,11,13,15-16H2,1-3H3,(H,27,30). The fourth-order valence-electron chi connectivity index (χ4n) is 3.66. The number of carbonyl (C=O) groups is 2. The number of hydrogen-bond acceptors (Lipinski definition) is 4. The third kappa shape index (κ3) is 5.94. The molecule has 0 aliphatic carbocycles. The molecule has 3 rings (SSSR count). The Morgan fingerprint density at radius 3 is 2.56 bits per heavy atom. The van der Waals surface area contributed by atoms with Gasteiger partial charge in [-0.25, -0.2) is 0 Å². The lowest BCUT2D eigenvalue weighted by Crippen LogP contribution is -2.50. The summed E-state index contributed by atoms with van der Waals surface area (Å²) in [7, 11) is 0. The fraction of sp³-hybridized carbons (Fsp3) is 0.440. The molecule has 0 saturated heterocycles. The number of benzene rings is 2. The first-order valence-electron chi connectivity index (χ1n) is 11.1. The highest BCUT2D eigenvalue weighted by Gasteiger charge is 2.29. The van der Waals surface area contributed by atoms with Gasteiger partial charge in [-0.15, -0.1) is 0 Å². The van der Waals surface area contributed by atoms with E-state index in [1.165, 1.54) is 0 Å². The van der Waals surface area contributed by atoms with Crippen LogP contribution in [-0.2, 0) is 22.6 Å². The van der Waals surface area contributed by atoms with Crippen LogP contribution < -0.4 is 14.8 Å². The van der Waals surface area contributed by atoms with Crippen molar-refractivity contribution in [3.8, 4) is 11.5 Å². The molecule has 2 amide bonds. The van der Waals surface area contributed by atoms with Crippen molar-refractivity contribution in [1.82, 2.24) is 10.2 Å². The molecule has 2 aromatic rings. The van der Waals surface area contributed by atoms with Gasteiger partial charge >= 0.3 is 0 Å². The number of rotatable bonds is 10. The van der Waals surface area contributed by atoms with Crippen LogP contribution in [0.2, 0.25) is 5.02 Å². The average Bonchev–Trinajstić information content (AvgIpc) is 3.26. The van der Waals surface area contributed by atoms with E-state index in [-0.39, 0.29) is 37.6 Å². The summed E-state index contributed by atoms with van der Waals surface area (Å²) in [4.78, 5) is 28.0. The highest BCUT2D eigenvalue weighted by Crippen LogP contribution is 2.33. The molecular weight excluding hydrogens is 428 g/mol. The monoisotopic (exact) mass is 458 g/mol. The number of ether oxygens (including phenoxy) is 2. The Labute approximate surface area is 194 Å². The highest BCUT2D eigenvalue weighted by atomic mass is 35.5. The maximum absolute atomic E-state index is 13.4. The minimum absolute atomic E-state index is 0.0439. The molecule has 1 aliphatic heterocycles. The maximum atomic E-state index is 13.4. The van der Waals surface area contributed by atoms with Crippen molar-refractivity contribution in [2.45, 2.75) is 65.1 Å². The zero-order valence-electron chi connectivity index (χ0n) is 18.9. The van der Waals surface area contributed by atoms with E-state index in [0.29, 0.717) is 29.4 Å². The number of hydrogen-bond donors (Lipinski definition) is 1. The van der Waals surface area contributed by atoms with Gasteiger partial charge in [0, 0.05) is 24.0 Å². The number of nitrogens with zero attached hydrogens (tertiary/aromatic N) is 1. The van der Waals surface area contributed by atoms with Crippen LogP contribution in [0.15, 0.2) is 42.5 Å². The first-order valence-corrected chi connectivity index (χ1v) is 11.5. The van der Waals surface area contributed by atoms with E-state index < -0.39 is 6.04 Å². The zero-order chi connectivity index (χ0) is 23.1. The molecule has 7 heteroatoms. The van der Waals surface area contributed by atoms with Crippen molar-refractivity contribution in [3.63, 3.8) is 0 Å². The minimum atomic E-state index is -0.565. The van der Waals surface area contributed by atoms with E-state index in [9.17, 15) is 9.59 Å². The summed E-state index contributed by atoms with van der Waals surface area (Å²) < 4.78 is 10.8. The molecule has 1 N–H and O–H groups in total. The van der Waals surface area contributed by atoms with Gasteiger partial charge in [-0.05, 0) is 55.5 Å². The summed E-state index contributed by atoms with van der Waals surface area (Å²) in [5, 5.41) is 3.60. The van der Waals surface area contributed by atoms with Crippen LogP contribution in [0.4, 0.5) is 0 Å². The van der Waals surface area contributed by atoms with Gasteiger partial charge < -0.3 is 19.7 Å². The van der Waals surface area contributed by atoms with Crippen molar-refractivity contribution in [2.24, 2.45) is 0 Å². The number of nitrogens with one attached hydrogen (secondary N) is 1. The number of fused-ring (bicyclic) bond motifs is 1. The molecule has 1 heterocycles. The molecule has 0 radical (unpaired) electrons. The summed E-state index contributed by atoms with van der Waals surface area (Å²) in [5.74, 6) is 1.19. The summed E-state index contributed by atoms with van der Waals surface area (Å²) in [5.41, 5.74) is 1.80. The predicted molar refractivity (Wildman–Crippen MR) is 125 cm³/mol. The number of carbonyl (C=O) groups excluding carboxylic acids is 2.